The van der Waals surface area contributed by atoms with Crippen LogP contribution >= 0.6 is 0 Å². The van der Waals surface area contributed by atoms with Gasteiger partial charge < -0.3 is 9.84 Å². The van der Waals surface area contributed by atoms with E-state index in [1.165, 1.54) is 12.8 Å². The van der Waals surface area contributed by atoms with Crippen LogP contribution in [0.15, 0.2) is 28.9 Å². The summed E-state index contributed by atoms with van der Waals surface area (Å²) in [6.45, 7) is 1.02. The predicted molar refractivity (Wildman–Crippen MR) is 62.1 cm³/mol. The van der Waals surface area contributed by atoms with E-state index in [2.05, 4.69) is 20.4 Å². The number of hydrogen-bond acceptors (Lipinski definition) is 5. The second kappa shape index (κ2) is 4.63. The van der Waals surface area contributed by atoms with E-state index in [-0.39, 0.29) is 6.04 Å². The summed E-state index contributed by atoms with van der Waals surface area (Å²) < 4.78 is 5.29. The number of aromatic nitrogens is 3. The molecule has 0 spiro atoms. The third-order valence-electron chi connectivity index (χ3n) is 2.94. The van der Waals surface area contributed by atoms with Crippen LogP contribution in [0.3, 0.4) is 0 Å². The van der Waals surface area contributed by atoms with Gasteiger partial charge in [0.2, 0.25) is 11.7 Å². The minimum Gasteiger partial charge on any atom is -0.337 e. The van der Waals surface area contributed by atoms with Crippen molar-refractivity contribution in [3.8, 4) is 11.5 Å². The number of pyridine rings is 1. The molecule has 1 aliphatic rings. The van der Waals surface area contributed by atoms with Crippen LogP contribution in [-0.4, -0.2) is 21.7 Å². The lowest BCUT2D eigenvalue weighted by Gasteiger charge is -2.19. The summed E-state index contributed by atoms with van der Waals surface area (Å²) in [4.78, 5) is 8.60. The van der Waals surface area contributed by atoms with Gasteiger partial charge in [0.1, 0.15) is 5.69 Å². The van der Waals surface area contributed by atoms with Gasteiger partial charge in [-0.05, 0) is 31.5 Å². The zero-order chi connectivity index (χ0) is 11.5. The third kappa shape index (κ3) is 2.19. The first-order chi connectivity index (χ1) is 8.43. The molecule has 0 aromatic carbocycles. The van der Waals surface area contributed by atoms with Crippen molar-refractivity contribution >= 4 is 0 Å². The van der Waals surface area contributed by atoms with Crippen LogP contribution in [0.1, 0.15) is 31.2 Å². The van der Waals surface area contributed by atoms with Crippen LogP contribution < -0.4 is 5.32 Å². The lowest BCUT2D eigenvalue weighted by Crippen LogP contribution is -2.26. The number of nitrogens with zero attached hydrogens (tertiary/aromatic N) is 3. The van der Waals surface area contributed by atoms with Crippen LogP contribution in [0.4, 0.5) is 0 Å². The molecule has 3 rings (SSSR count). The highest BCUT2D eigenvalue weighted by molar-refractivity contribution is 5.47. The molecule has 3 heterocycles. The highest BCUT2D eigenvalue weighted by Gasteiger charge is 2.21. The largest absolute Gasteiger partial charge is 0.337 e. The Morgan fingerprint density at radius 3 is 3.06 bits per heavy atom. The van der Waals surface area contributed by atoms with Crippen molar-refractivity contribution in [3.05, 3.63) is 30.3 Å². The molecule has 0 aliphatic carbocycles. The van der Waals surface area contributed by atoms with Crippen molar-refractivity contribution in [1.29, 1.82) is 0 Å². The highest BCUT2D eigenvalue weighted by Crippen LogP contribution is 2.23. The fraction of sp³-hybridized carbons (Fsp3) is 0.417. The van der Waals surface area contributed by atoms with E-state index >= 15 is 0 Å². The smallest absolute Gasteiger partial charge is 0.244 e. The fourth-order valence-electron chi connectivity index (χ4n) is 2.04. The lowest BCUT2D eigenvalue weighted by molar-refractivity contribution is 0.297. The molecule has 1 saturated heterocycles. The zero-order valence-electron chi connectivity index (χ0n) is 9.47. The molecule has 17 heavy (non-hydrogen) atoms. The normalized spacial score (nSPS) is 20.4. The summed E-state index contributed by atoms with van der Waals surface area (Å²) in [5, 5.41) is 7.36. The van der Waals surface area contributed by atoms with E-state index in [0.29, 0.717) is 11.7 Å². The van der Waals surface area contributed by atoms with Crippen LogP contribution in [0.25, 0.3) is 11.5 Å². The van der Waals surface area contributed by atoms with Crippen molar-refractivity contribution in [2.45, 2.75) is 25.3 Å². The number of rotatable bonds is 2. The molecule has 5 heteroatoms. The highest BCUT2D eigenvalue weighted by atomic mass is 16.5. The van der Waals surface area contributed by atoms with E-state index in [1.54, 1.807) is 6.20 Å². The maximum atomic E-state index is 5.29. The minimum atomic E-state index is 0.203. The average molecular weight is 230 g/mol. The lowest BCUT2D eigenvalue weighted by atomic mass is 10.1. The van der Waals surface area contributed by atoms with Crippen LogP contribution in [0, 0.1) is 0 Å². The number of hydrogen-bond donors (Lipinski definition) is 1. The second-order valence-electron chi connectivity index (χ2n) is 4.17. The molecule has 1 atom stereocenters. The summed E-state index contributed by atoms with van der Waals surface area (Å²) >= 11 is 0. The van der Waals surface area contributed by atoms with E-state index in [1.807, 2.05) is 18.2 Å². The molecule has 0 saturated carbocycles. The molecule has 88 valence electrons. The van der Waals surface area contributed by atoms with Crippen molar-refractivity contribution in [2.24, 2.45) is 0 Å². The Labute approximate surface area is 99.3 Å². The Bertz CT molecular complexity index is 476. The summed E-state index contributed by atoms with van der Waals surface area (Å²) in [6.07, 6.45) is 5.21. The zero-order valence-corrected chi connectivity index (χ0v) is 9.47. The Morgan fingerprint density at radius 2 is 2.29 bits per heavy atom. The van der Waals surface area contributed by atoms with Gasteiger partial charge in [-0.2, -0.15) is 4.98 Å². The van der Waals surface area contributed by atoms with E-state index < -0.39 is 0 Å². The summed E-state index contributed by atoms with van der Waals surface area (Å²) in [5.41, 5.74) is 0.748. The quantitative estimate of drug-likeness (QED) is 0.854. The first-order valence-corrected chi connectivity index (χ1v) is 5.92. The van der Waals surface area contributed by atoms with Gasteiger partial charge in [0.15, 0.2) is 0 Å². The van der Waals surface area contributed by atoms with Crippen LogP contribution in [0.2, 0.25) is 0 Å². The third-order valence-corrected chi connectivity index (χ3v) is 2.94. The van der Waals surface area contributed by atoms with Gasteiger partial charge >= 0.3 is 0 Å². The standard InChI is InChI=1S/C12H14N4O/c1-3-7-13-9(5-1)11-15-12(17-16-11)10-6-2-4-8-14-10/h1,3,5,7,10,14H,2,4,6,8H2. The van der Waals surface area contributed by atoms with Gasteiger partial charge in [-0.15, -0.1) is 0 Å². The molecule has 0 bridgehead atoms. The van der Waals surface area contributed by atoms with Crippen LogP contribution in [-0.2, 0) is 0 Å². The molecular weight excluding hydrogens is 216 g/mol. The van der Waals surface area contributed by atoms with Gasteiger partial charge in [-0.25, -0.2) is 0 Å². The van der Waals surface area contributed by atoms with Crippen LogP contribution in [0.5, 0.6) is 0 Å². The fourth-order valence-corrected chi connectivity index (χ4v) is 2.04. The summed E-state index contributed by atoms with van der Waals surface area (Å²) in [6, 6.07) is 5.86. The van der Waals surface area contributed by atoms with Crippen molar-refractivity contribution in [3.63, 3.8) is 0 Å². The van der Waals surface area contributed by atoms with Gasteiger partial charge in [-0.3, -0.25) is 4.98 Å². The Morgan fingerprint density at radius 1 is 1.29 bits per heavy atom. The molecule has 0 radical (unpaired) electrons. The minimum absolute atomic E-state index is 0.203. The molecule has 0 amide bonds. The molecule has 2 aromatic rings. The predicted octanol–water partition coefficient (Wildman–Crippen LogP) is 1.95. The average Bonchev–Trinajstić information content (AvgIpc) is 2.90. The Hall–Kier alpha value is -1.75. The van der Waals surface area contributed by atoms with Gasteiger partial charge in [0, 0.05) is 6.20 Å². The Balaban J connectivity index is 1.83. The molecule has 2 aromatic heterocycles. The number of piperidine rings is 1. The topological polar surface area (TPSA) is 63.8 Å². The number of nitrogens with one attached hydrogen (secondary N) is 1. The van der Waals surface area contributed by atoms with Gasteiger partial charge in [-0.1, -0.05) is 17.6 Å². The summed E-state index contributed by atoms with van der Waals surface area (Å²) in [5.74, 6) is 1.23. The molecule has 5 nitrogen and oxygen atoms in total. The first kappa shape index (κ1) is 10.4. The molecule has 1 aliphatic heterocycles. The second-order valence-corrected chi connectivity index (χ2v) is 4.17. The van der Waals surface area contributed by atoms with Crippen molar-refractivity contribution in [1.82, 2.24) is 20.4 Å². The van der Waals surface area contributed by atoms with Crippen molar-refractivity contribution < 1.29 is 4.52 Å². The maximum absolute atomic E-state index is 5.29. The Kier molecular flexibility index (Phi) is 2.83. The SMILES string of the molecule is c1ccc(-c2noc(C3CCCCN3)n2)nc1. The molecule has 1 fully saturated rings. The van der Waals surface area contributed by atoms with Gasteiger partial charge in [0.25, 0.3) is 0 Å². The van der Waals surface area contributed by atoms with Gasteiger partial charge in [0.05, 0.1) is 6.04 Å². The summed E-state index contributed by atoms with van der Waals surface area (Å²) in [7, 11) is 0. The molecule has 1 unspecified atom stereocenters. The molecule has 1 N–H and O–H groups in total. The van der Waals surface area contributed by atoms with E-state index in [9.17, 15) is 0 Å². The monoisotopic (exact) mass is 230 g/mol. The molecular formula is C12H14N4O. The van der Waals surface area contributed by atoms with Crippen molar-refractivity contribution in [2.75, 3.05) is 6.54 Å². The van der Waals surface area contributed by atoms with E-state index in [0.717, 1.165) is 18.7 Å². The first-order valence-electron chi connectivity index (χ1n) is 5.92. The maximum Gasteiger partial charge on any atom is 0.244 e. The van der Waals surface area contributed by atoms with E-state index in [4.69, 9.17) is 4.52 Å².